The normalized spacial score (nSPS) is 28.4. The molecule has 1 aliphatic carbocycles. The smallest absolute Gasteiger partial charge is 0.228 e. The van der Waals surface area contributed by atoms with E-state index in [1.54, 1.807) is 0 Å². The van der Waals surface area contributed by atoms with Crippen molar-refractivity contribution in [2.24, 2.45) is 12.5 Å². The molecule has 0 bridgehead atoms. The molecule has 0 saturated carbocycles. The zero-order valence-electron chi connectivity index (χ0n) is 13.1. The third-order valence-electron chi connectivity index (χ3n) is 5.13. The van der Waals surface area contributed by atoms with Crippen LogP contribution in [-0.4, -0.2) is 28.8 Å². The number of aromatic nitrogens is 2. The minimum Gasteiger partial charge on any atom is -0.349 e. The zero-order valence-corrected chi connectivity index (χ0v) is 13.1. The van der Waals surface area contributed by atoms with Crippen LogP contribution >= 0.6 is 0 Å². The predicted molar refractivity (Wildman–Crippen MR) is 81.9 cm³/mol. The molecule has 1 amide bonds. The van der Waals surface area contributed by atoms with Gasteiger partial charge in [0.05, 0.1) is 17.7 Å². The third-order valence-corrected chi connectivity index (χ3v) is 5.13. The second-order valence-corrected chi connectivity index (χ2v) is 6.55. The summed E-state index contributed by atoms with van der Waals surface area (Å²) in [7, 11) is 1.99. The number of hydrogen-bond acceptors (Lipinski definition) is 3. The molecule has 1 saturated heterocycles. The Bertz CT molecular complexity index is 516. The standard InChI is InChI=1S/C16H26N4O/c1-3-7-16(8-9-17-11-16)15(21)19-13-5-4-6-14-12(13)10-18-20(14)2/h10,13,17H,3-9,11H2,1-2H3,(H,19,21). The van der Waals surface area contributed by atoms with Crippen LogP contribution < -0.4 is 10.6 Å². The van der Waals surface area contributed by atoms with Crippen LogP contribution in [0.15, 0.2) is 6.20 Å². The van der Waals surface area contributed by atoms with Gasteiger partial charge < -0.3 is 10.6 Å². The van der Waals surface area contributed by atoms with Crippen LogP contribution in [-0.2, 0) is 18.3 Å². The van der Waals surface area contributed by atoms with Crippen molar-refractivity contribution >= 4 is 5.91 Å². The lowest BCUT2D eigenvalue weighted by atomic mass is 9.80. The maximum atomic E-state index is 12.9. The molecular weight excluding hydrogens is 264 g/mol. The summed E-state index contributed by atoms with van der Waals surface area (Å²) in [6.07, 6.45) is 8.13. The summed E-state index contributed by atoms with van der Waals surface area (Å²) in [5, 5.41) is 11.0. The highest BCUT2D eigenvalue weighted by Gasteiger charge is 2.41. The molecule has 21 heavy (non-hydrogen) atoms. The summed E-state index contributed by atoms with van der Waals surface area (Å²) < 4.78 is 1.95. The van der Waals surface area contributed by atoms with Crippen molar-refractivity contribution < 1.29 is 4.79 Å². The lowest BCUT2D eigenvalue weighted by molar-refractivity contribution is -0.131. The van der Waals surface area contributed by atoms with E-state index in [1.165, 1.54) is 11.3 Å². The van der Waals surface area contributed by atoms with Crippen LogP contribution in [0.3, 0.4) is 0 Å². The first kappa shape index (κ1) is 14.6. The Hall–Kier alpha value is -1.36. The molecular formula is C16H26N4O. The van der Waals surface area contributed by atoms with Gasteiger partial charge in [0.25, 0.3) is 0 Å². The van der Waals surface area contributed by atoms with Crippen molar-refractivity contribution in [1.29, 1.82) is 0 Å². The van der Waals surface area contributed by atoms with Gasteiger partial charge in [-0.1, -0.05) is 13.3 Å². The second kappa shape index (κ2) is 5.79. The molecule has 5 nitrogen and oxygen atoms in total. The van der Waals surface area contributed by atoms with Gasteiger partial charge in [0.1, 0.15) is 0 Å². The van der Waals surface area contributed by atoms with E-state index in [9.17, 15) is 4.79 Å². The number of carbonyl (C=O) groups is 1. The monoisotopic (exact) mass is 290 g/mol. The Kier molecular flexibility index (Phi) is 4.02. The molecule has 2 heterocycles. The highest BCUT2D eigenvalue weighted by atomic mass is 16.2. The van der Waals surface area contributed by atoms with Crippen molar-refractivity contribution in [3.8, 4) is 0 Å². The fraction of sp³-hybridized carbons (Fsp3) is 0.750. The first-order chi connectivity index (χ1) is 10.2. The van der Waals surface area contributed by atoms with Gasteiger partial charge in [0.15, 0.2) is 0 Å². The molecule has 0 aromatic carbocycles. The largest absolute Gasteiger partial charge is 0.349 e. The van der Waals surface area contributed by atoms with E-state index < -0.39 is 0 Å². The van der Waals surface area contributed by atoms with Gasteiger partial charge >= 0.3 is 0 Å². The topological polar surface area (TPSA) is 59.0 Å². The Morgan fingerprint density at radius 3 is 3.19 bits per heavy atom. The molecule has 1 aromatic rings. The summed E-state index contributed by atoms with van der Waals surface area (Å²) in [6, 6.07) is 0.143. The van der Waals surface area contributed by atoms with Crippen molar-refractivity contribution in [3.63, 3.8) is 0 Å². The van der Waals surface area contributed by atoms with Crippen LogP contribution in [0.2, 0.25) is 0 Å². The average Bonchev–Trinajstić information content (AvgIpc) is 3.09. The molecule has 3 rings (SSSR count). The van der Waals surface area contributed by atoms with E-state index in [0.717, 1.165) is 51.6 Å². The van der Waals surface area contributed by atoms with Crippen molar-refractivity contribution in [3.05, 3.63) is 17.5 Å². The molecule has 1 fully saturated rings. The first-order valence-corrected chi connectivity index (χ1v) is 8.19. The molecule has 2 unspecified atom stereocenters. The van der Waals surface area contributed by atoms with Gasteiger partial charge in [0, 0.05) is 24.8 Å². The predicted octanol–water partition coefficient (Wildman–Crippen LogP) is 1.69. The number of amides is 1. The summed E-state index contributed by atoms with van der Waals surface area (Å²) in [5.41, 5.74) is 2.30. The number of rotatable bonds is 4. The Morgan fingerprint density at radius 1 is 1.62 bits per heavy atom. The highest BCUT2D eigenvalue weighted by molar-refractivity contribution is 5.83. The molecule has 1 aliphatic heterocycles. The van der Waals surface area contributed by atoms with E-state index in [4.69, 9.17) is 0 Å². The minimum atomic E-state index is -0.200. The van der Waals surface area contributed by atoms with Crippen LogP contribution in [0.4, 0.5) is 0 Å². The maximum absolute atomic E-state index is 12.9. The van der Waals surface area contributed by atoms with Crippen LogP contribution in [0, 0.1) is 5.41 Å². The lowest BCUT2D eigenvalue weighted by Gasteiger charge is -2.31. The van der Waals surface area contributed by atoms with Gasteiger partial charge in [-0.25, -0.2) is 0 Å². The minimum absolute atomic E-state index is 0.143. The van der Waals surface area contributed by atoms with E-state index in [1.807, 2.05) is 17.9 Å². The van der Waals surface area contributed by atoms with E-state index in [0.29, 0.717) is 0 Å². The van der Waals surface area contributed by atoms with Gasteiger partial charge in [-0.3, -0.25) is 9.48 Å². The third kappa shape index (κ3) is 2.59. The fourth-order valence-electron chi connectivity index (χ4n) is 3.91. The molecule has 116 valence electrons. The first-order valence-electron chi connectivity index (χ1n) is 8.19. The van der Waals surface area contributed by atoms with Gasteiger partial charge in [0.2, 0.25) is 5.91 Å². The number of carbonyl (C=O) groups excluding carboxylic acids is 1. The molecule has 0 radical (unpaired) electrons. The van der Waals surface area contributed by atoms with E-state index in [-0.39, 0.29) is 17.4 Å². The van der Waals surface area contributed by atoms with Crippen LogP contribution in [0.5, 0.6) is 0 Å². The number of nitrogens with one attached hydrogen (secondary N) is 2. The maximum Gasteiger partial charge on any atom is 0.228 e. The summed E-state index contributed by atoms with van der Waals surface area (Å²) in [4.78, 5) is 12.9. The van der Waals surface area contributed by atoms with Gasteiger partial charge in [-0.2, -0.15) is 5.10 Å². The highest BCUT2D eigenvalue weighted by Crippen LogP contribution is 2.34. The number of fused-ring (bicyclic) bond motifs is 1. The summed E-state index contributed by atoms with van der Waals surface area (Å²) in [5.74, 6) is 0.232. The van der Waals surface area contributed by atoms with E-state index >= 15 is 0 Å². The average molecular weight is 290 g/mol. The molecule has 2 atom stereocenters. The molecule has 2 N–H and O–H groups in total. The van der Waals surface area contributed by atoms with Crippen LogP contribution in [0.25, 0.3) is 0 Å². The van der Waals surface area contributed by atoms with Crippen molar-refractivity contribution in [2.45, 2.75) is 51.5 Å². The van der Waals surface area contributed by atoms with Crippen molar-refractivity contribution in [2.75, 3.05) is 13.1 Å². The summed E-state index contributed by atoms with van der Waals surface area (Å²) in [6.45, 7) is 3.93. The Labute approximate surface area is 126 Å². The SMILES string of the molecule is CCCC1(C(=O)NC2CCCc3c2cnn3C)CCNC1. The number of aryl methyl sites for hydroxylation is 1. The van der Waals surface area contributed by atoms with Crippen LogP contribution in [0.1, 0.15) is 56.3 Å². The summed E-state index contributed by atoms with van der Waals surface area (Å²) >= 11 is 0. The zero-order chi connectivity index (χ0) is 14.9. The molecule has 1 aromatic heterocycles. The van der Waals surface area contributed by atoms with Crippen molar-refractivity contribution in [1.82, 2.24) is 20.4 Å². The molecule has 0 spiro atoms. The molecule has 5 heteroatoms. The Balaban J connectivity index is 1.76. The Morgan fingerprint density at radius 2 is 2.48 bits per heavy atom. The molecule has 2 aliphatic rings. The quantitative estimate of drug-likeness (QED) is 0.887. The van der Waals surface area contributed by atoms with E-state index in [2.05, 4.69) is 22.7 Å². The van der Waals surface area contributed by atoms with Gasteiger partial charge in [-0.15, -0.1) is 0 Å². The van der Waals surface area contributed by atoms with Gasteiger partial charge in [-0.05, 0) is 38.6 Å². The fourth-order valence-corrected chi connectivity index (χ4v) is 3.91. The second-order valence-electron chi connectivity index (χ2n) is 6.55. The lowest BCUT2D eigenvalue weighted by Crippen LogP contribution is -2.44. The number of hydrogen-bond donors (Lipinski definition) is 2. The number of nitrogens with zero attached hydrogens (tertiary/aromatic N) is 2.